The summed E-state index contributed by atoms with van der Waals surface area (Å²) >= 11 is 0. The first kappa shape index (κ1) is 19.2. The minimum atomic E-state index is -0.995. The van der Waals surface area contributed by atoms with Gasteiger partial charge in [-0.1, -0.05) is 36.4 Å². The van der Waals surface area contributed by atoms with Crippen LogP contribution < -0.4 is 5.32 Å². The number of furan rings is 1. The molecule has 0 unspecified atom stereocenters. The van der Waals surface area contributed by atoms with E-state index < -0.39 is 17.9 Å². The van der Waals surface area contributed by atoms with Crippen molar-refractivity contribution in [2.75, 3.05) is 0 Å². The van der Waals surface area contributed by atoms with Crippen molar-refractivity contribution in [3.63, 3.8) is 0 Å². The van der Waals surface area contributed by atoms with E-state index in [4.69, 9.17) is 9.52 Å². The Morgan fingerprint density at radius 1 is 1.10 bits per heavy atom. The number of benzene rings is 2. The molecule has 1 saturated heterocycles. The molecule has 3 amide bonds. The first-order chi connectivity index (χ1) is 14.4. The molecule has 0 spiro atoms. The lowest BCUT2D eigenvalue weighted by Crippen LogP contribution is -2.30. The van der Waals surface area contributed by atoms with Crippen molar-refractivity contribution in [2.45, 2.75) is 13.5 Å². The van der Waals surface area contributed by atoms with Gasteiger partial charge in [-0.3, -0.25) is 9.69 Å². The van der Waals surface area contributed by atoms with Gasteiger partial charge in [-0.05, 0) is 42.3 Å². The number of nitrogens with zero attached hydrogens (tertiary/aromatic N) is 1. The molecule has 3 aromatic rings. The highest BCUT2D eigenvalue weighted by Gasteiger charge is 2.33. The van der Waals surface area contributed by atoms with E-state index in [0.717, 1.165) is 21.6 Å². The zero-order chi connectivity index (χ0) is 21.3. The van der Waals surface area contributed by atoms with E-state index in [1.54, 1.807) is 31.2 Å². The number of hydrogen-bond acceptors (Lipinski definition) is 4. The Bertz CT molecular complexity index is 1180. The maximum Gasteiger partial charge on any atom is 0.335 e. The molecular weight excluding hydrogens is 384 g/mol. The Morgan fingerprint density at radius 2 is 1.87 bits per heavy atom. The summed E-state index contributed by atoms with van der Waals surface area (Å²) < 4.78 is 5.80. The lowest BCUT2D eigenvalue weighted by atomic mass is 10.0. The third-order valence-corrected chi connectivity index (χ3v) is 4.80. The van der Waals surface area contributed by atoms with Gasteiger partial charge in [0.1, 0.15) is 17.2 Å². The number of carbonyl (C=O) groups is 3. The van der Waals surface area contributed by atoms with Gasteiger partial charge in [0.2, 0.25) is 0 Å². The minimum absolute atomic E-state index is 0.134. The average molecular weight is 402 g/mol. The summed E-state index contributed by atoms with van der Waals surface area (Å²) in [5.74, 6) is -0.486. The third-order valence-electron chi connectivity index (χ3n) is 4.80. The maximum absolute atomic E-state index is 12.6. The van der Waals surface area contributed by atoms with Crippen molar-refractivity contribution in [1.29, 1.82) is 0 Å². The number of hydrogen-bond donors (Lipinski definition) is 2. The van der Waals surface area contributed by atoms with Crippen LogP contribution in [0.4, 0.5) is 4.79 Å². The smallest absolute Gasteiger partial charge is 0.335 e. The third kappa shape index (κ3) is 3.73. The van der Waals surface area contributed by atoms with Crippen LogP contribution in [-0.4, -0.2) is 27.9 Å². The highest BCUT2D eigenvalue weighted by Crippen LogP contribution is 2.28. The number of nitrogens with one attached hydrogen (secondary N) is 1. The number of aromatic carboxylic acids is 1. The zero-order valence-electron chi connectivity index (χ0n) is 16.1. The van der Waals surface area contributed by atoms with Crippen molar-refractivity contribution in [2.24, 2.45) is 0 Å². The number of imide groups is 1. The molecule has 0 radical (unpaired) electrons. The van der Waals surface area contributed by atoms with Crippen LogP contribution >= 0.6 is 0 Å². The molecule has 150 valence electrons. The molecule has 0 aliphatic carbocycles. The van der Waals surface area contributed by atoms with Crippen LogP contribution in [0, 0.1) is 6.92 Å². The molecule has 1 aliphatic rings. The van der Waals surface area contributed by atoms with Crippen LogP contribution in [0.25, 0.3) is 17.4 Å². The molecule has 0 bridgehead atoms. The predicted molar refractivity (Wildman–Crippen MR) is 109 cm³/mol. The summed E-state index contributed by atoms with van der Waals surface area (Å²) in [6.07, 6.45) is 1.48. The molecule has 1 aliphatic heterocycles. The van der Waals surface area contributed by atoms with Crippen LogP contribution in [0.1, 0.15) is 27.2 Å². The van der Waals surface area contributed by atoms with E-state index in [2.05, 4.69) is 5.32 Å². The lowest BCUT2D eigenvalue weighted by molar-refractivity contribution is -0.123. The first-order valence-corrected chi connectivity index (χ1v) is 9.25. The Hall–Kier alpha value is -4.13. The van der Waals surface area contributed by atoms with Crippen molar-refractivity contribution in [3.05, 3.63) is 88.8 Å². The Balaban J connectivity index is 1.55. The summed E-state index contributed by atoms with van der Waals surface area (Å²) in [6, 6.07) is 16.9. The van der Waals surface area contributed by atoms with Gasteiger partial charge < -0.3 is 14.8 Å². The van der Waals surface area contributed by atoms with Gasteiger partial charge in [0.25, 0.3) is 5.91 Å². The summed E-state index contributed by atoms with van der Waals surface area (Å²) in [7, 11) is 0. The van der Waals surface area contributed by atoms with E-state index >= 15 is 0 Å². The van der Waals surface area contributed by atoms with Crippen LogP contribution in [0.2, 0.25) is 0 Å². The predicted octanol–water partition coefficient (Wildman–Crippen LogP) is 4.05. The molecule has 0 saturated carbocycles. The number of carboxylic acid groups (broad SMARTS) is 1. The van der Waals surface area contributed by atoms with Gasteiger partial charge in [-0.2, -0.15) is 0 Å². The maximum atomic E-state index is 12.6. The van der Waals surface area contributed by atoms with Crippen molar-refractivity contribution < 1.29 is 23.9 Å². The van der Waals surface area contributed by atoms with Gasteiger partial charge >= 0.3 is 12.0 Å². The highest BCUT2D eigenvalue weighted by molar-refractivity contribution is 6.13. The summed E-state index contributed by atoms with van der Waals surface area (Å²) in [6.45, 7) is 1.98. The largest absolute Gasteiger partial charge is 0.478 e. The van der Waals surface area contributed by atoms with E-state index in [-0.39, 0.29) is 17.8 Å². The monoisotopic (exact) mass is 402 g/mol. The number of aryl methyl sites for hydroxylation is 1. The molecule has 2 aromatic carbocycles. The molecule has 4 rings (SSSR count). The summed E-state index contributed by atoms with van der Waals surface area (Å²) in [5, 5.41) is 11.7. The normalized spacial score (nSPS) is 15.0. The fourth-order valence-electron chi connectivity index (χ4n) is 3.27. The van der Waals surface area contributed by atoms with Gasteiger partial charge in [0.15, 0.2) is 0 Å². The van der Waals surface area contributed by atoms with E-state index in [9.17, 15) is 14.4 Å². The molecule has 7 heteroatoms. The van der Waals surface area contributed by atoms with Crippen molar-refractivity contribution in [1.82, 2.24) is 10.2 Å². The summed E-state index contributed by atoms with van der Waals surface area (Å²) in [4.78, 5) is 37.1. The van der Waals surface area contributed by atoms with Crippen LogP contribution in [0.3, 0.4) is 0 Å². The van der Waals surface area contributed by atoms with Gasteiger partial charge in [-0.25, -0.2) is 9.59 Å². The van der Waals surface area contributed by atoms with Gasteiger partial charge in [0, 0.05) is 11.6 Å². The van der Waals surface area contributed by atoms with Gasteiger partial charge in [0.05, 0.1) is 12.1 Å². The number of carbonyl (C=O) groups excluding carboxylic acids is 2. The second-order valence-corrected chi connectivity index (χ2v) is 6.90. The van der Waals surface area contributed by atoms with Gasteiger partial charge in [-0.15, -0.1) is 0 Å². The highest BCUT2D eigenvalue weighted by atomic mass is 16.4. The fourth-order valence-corrected chi connectivity index (χ4v) is 3.27. The zero-order valence-corrected chi connectivity index (χ0v) is 16.1. The molecule has 1 aromatic heterocycles. The number of urea groups is 1. The molecule has 2 heterocycles. The van der Waals surface area contributed by atoms with Crippen molar-refractivity contribution in [3.8, 4) is 11.3 Å². The number of amides is 3. The molecule has 30 heavy (non-hydrogen) atoms. The minimum Gasteiger partial charge on any atom is -0.478 e. The van der Waals surface area contributed by atoms with E-state index in [1.807, 2.05) is 30.3 Å². The van der Waals surface area contributed by atoms with Crippen LogP contribution in [-0.2, 0) is 11.3 Å². The lowest BCUT2D eigenvalue weighted by Gasteiger charge is -2.11. The second-order valence-electron chi connectivity index (χ2n) is 6.90. The van der Waals surface area contributed by atoms with E-state index in [1.165, 1.54) is 12.1 Å². The SMILES string of the molecule is Cc1cc(C(=O)O)ccc1-c1ccc(/C=C2/NC(=O)N(Cc3ccccc3)C2=O)o1. The quantitative estimate of drug-likeness (QED) is 0.495. The number of rotatable bonds is 5. The summed E-state index contributed by atoms with van der Waals surface area (Å²) in [5.41, 5.74) is 2.68. The fraction of sp³-hybridized carbons (Fsp3) is 0.0870. The molecule has 1 fully saturated rings. The first-order valence-electron chi connectivity index (χ1n) is 9.25. The average Bonchev–Trinajstić information content (AvgIpc) is 3.29. The Morgan fingerprint density at radius 3 is 2.57 bits per heavy atom. The van der Waals surface area contributed by atoms with Crippen LogP contribution in [0.5, 0.6) is 0 Å². The van der Waals surface area contributed by atoms with E-state index in [0.29, 0.717) is 11.5 Å². The topological polar surface area (TPSA) is 99.9 Å². The molecule has 2 N–H and O–H groups in total. The Labute approximate surface area is 172 Å². The number of carboxylic acids is 1. The van der Waals surface area contributed by atoms with Crippen LogP contribution in [0.15, 0.2) is 70.8 Å². The second kappa shape index (κ2) is 7.71. The van der Waals surface area contributed by atoms with Crippen molar-refractivity contribution >= 4 is 24.0 Å². The molecular formula is C23H18N2O5. The molecule has 7 nitrogen and oxygen atoms in total. The Kier molecular flexibility index (Phi) is 4.93. The standard InChI is InChI=1S/C23H18N2O5/c1-14-11-16(22(27)28)7-9-18(14)20-10-8-17(30-20)12-19-21(26)25(23(29)24-19)13-15-5-3-2-4-6-15/h2-12H,13H2,1H3,(H,24,29)(H,27,28)/b19-12+. The molecule has 0 atom stereocenters.